The molecule has 6 amide bonds. The minimum Gasteiger partial charge on any atom is -0.480 e. The standard InChI is InChI=1S/C38H47IN6O17/c39-26-5-3-4-25(14-26)36(60)40-12-1-2-13-42(19-33(54)55)30(50)16-44(21-35(58)59)31(51)17-43(20-34(56)57)29(49)15-41(18-32(52)53)22-38(23-46)10-8-24(9-11-38)37(61)62-45-27(47)6-7-28(45)48/h3-5,14,23-24H,1-2,6-13,15-22H2,(H,40,60)(H,52,53)(H,54,55)(H,56,57)(H,58,59). The average Bonchev–Trinajstić information content (AvgIpc) is 3.51. The lowest BCUT2D eigenvalue weighted by Gasteiger charge is -2.38. The van der Waals surface area contributed by atoms with Gasteiger partial charge in [-0.25, -0.2) is 4.79 Å². The van der Waals surface area contributed by atoms with Crippen LogP contribution in [0.1, 0.15) is 61.7 Å². The first-order valence-corrected chi connectivity index (χ1v) is 20.3. The Morgan fingerprint density at radius 3 is 1.77 bits per heavy atom. The third-order valence-corrected chi connectivity index (χ3v) is 10.6. The number of nitrogens with one attached hydrogen (secondary N) is 1. The van der Waals surface area contributed by atoms with Crippen LogP contribution in [0.25, 0.3) is 0 Å². The van der Waals surface area contributed by atoms with Crippen molar-refractivity contribution in [2.75, 3.05) is 65.4 Å². The summed E-state index contributed by atoms with van der Waals surface area (Å²) < 4.78 is 0.843. The Labute approximate surface area is 367 Å². The molecule has 1 aliphatic carbocycles. The van der Waals surface area contributed by atoms with Crippen molar-refractivity contribution in [1.29, 1.82) is 0 Å². The number of carbonyl (C=O) groups is 12. The lowest BCUT2D eigenvalue weighted by molar-refractivity contribution is -0.201. The van der Waals surface area contributed by atoms with Gasteiger partial charge < -0.3 is 50.1 Å². The molecule has 0 atom stereocenters. The Hall–Kier alpha value is -6.05. The third-order valence-electron chi connectivity index (χ3n) is 9.92. The predicted octanol–water partition coefficient (Wildman–Crippen LogP) is -1.09. The third kappa shape index (κ3) is 16.1. The molecule has 0 radical (unpaired) electrons. The summed E-state index contributed by atoms with van der Waals surface area (Å²) >= 11 is 2.05. The Morgan fingerprint density at radius 1 is 0.742 bits per heavy atom. The Morgan fingerprint density at radius 2 is 1.26 bits per heavy atom. The van der Waals surface area contributed by atoms with E-state index in [1.54, 1.807) is 24.3 Å². The SMILES string of the molecule is O=CC1(CN(CC(=O)O)CC(=O)N(CC(=O)O)CC(=O)N(CC(=O)O)CC(=O)N(CCCCNC(=O)c2cccc(I)c2)CC(=O)O)CCC(C(=O)ON2C(=O)CCC2=O)CC1. The monoisotopic (exact) mass is 986 g/mol. The molecule has 1 aliphatic heterocycles. The van der Waals surface area contributed by atoms with Gasteiger partial charge in [0.15, 0.2) is 0 Å². The number of amides is 6. The van der Waals surface area contributed by atoms with Crippen molar-refractivity contribution in [2.24, 2.45) is 11.3 Å². The molecule has 1 aromatic carbocycles. The second kappa shape index (κ2) is 23.8. The Kier molecular flexibility index (Phi) is 19.3. The summed E-state index contributed by atoms with van der Waals surface area (Å²) in [6, 6.07) is 6.81. The van der Waals surface area contributed by atoms with Crippen molar-refractivity contribution in [2.45, 2.75) is 51.4 Å². The normalized spacial score (nSPS) is 17.2. The lowest BCUT2D eigenvalue weighted by Crippen LogP contribution is -2.53. The lowest BCUT2D eigenvalue weighted by atomic mass is 9.71. The molecule has 0 bridgehead atoms. The quantitative estimate of drug-likeness (QED) is 0.0336. The molecule has 23 nitrogen and oxygen atoms in total. The van der Waals surface area contributed by atoms with E-state index in [-0.39, 0.29) is 70.5 Å². The van der Waals surface area contributed by atoms with Crippen LogP contribution in [0.3, 0.4) is 0 Å². The summed E-state index contributed by atoms with van der Waals surface area (Å²) in [5, 5.41) is 41.3. The van der Waals surface area contributed by atoms with Crippen LogP contribution >= 0.6 is 22.6 Å². The van der Waals surface area contributed by atoms with E-state index in [4.69, 9.17) is 4.84 Å². The summed E-state index contributed by atoms with van der Waals surface area (Å²) in [6.45, 7) is -7.21. The molecule has 1 saturated carbocycles. The summed E-state index contributed by atoms with van der Waals surface area (Å²) in [7, 11) is 0. The van der Waals surface area contributed by atoms with Gasteiger partial charge in [-0.3, -0.25) is 52.8 Å². The number of unbranched alkanes of at least 4 members (excludes halogenated alkanes) is 1. The van der Waals surface area contributed by atoms with Crippen LogP contribution in [0.2, 0.25) is 0 Å². The first-order chi connectivity index (χ1) is 29.2. The predicted molar refractivity (Wildman–Crippen MR) is 215 cm³/mol. The van der Waals surface area contributed by atoms with Crippen molar-refractivity contribution in [3.63, 3.8) is 0 Å². The van der Waals surface area contributed by atoms with Gasteiger partial charge in [0.25, 0.3) is 17.7 Å². The number of benzene rings is 1. The van der Waals surface area contributed by atoms with Crippen LogP contribution in [0.5, 0.6) is 0 Å². The van der Waals surface area contributed by atoms with Crippen molar-refractivity contribution in [3.8, 4) is 0 Å². The van der Waals surface area contributed by atoms with E-state index in [1.807, 2.05) is 0 Å². The van der Waals surface area contributed by atoms with E-state index in [0.29, 0.717) is 33.1 Å². The highest BCUT2D eigenvalue weighted by atomic mass is 127. The minimum atomic E-state index is -1.62. The molecule has 2 aliphatic rings. The summed E-state index contributed by atoms with van der Waals surface area (Å²) in [5.41, 5.74) is -0.889. The van der Waals surface area contributed by atoms with Crippen LogP contribution in [0, 0.1) is 14.9 Å². The van der Waals surface area contributed by atoms with Crippen LogP contribution in [0.4, 0.5) is 0 Å². The molecule has 3 rings (SSSR count). The maximum atomic E-state index is 13.6. The number of hydrogen-bond acceptors (Lipinski definition) is 14. The second-order valence-electron chi connectivity index (χ2n) is 14.8. The second-order valence-corrected chi connectivity index (χ2v) is 16.0. The van der Waals surface area contributed by atoms with Crippen molar-refractivity contribution < 1.29 is 82.8 Å². The van der Waals surface area contributed by atoms with Gasteiger partial charge in [0.2, 0.25) is 17.7 Å². The number of nitrogens with zero attached hydrogens (tertiary/aromatic N) is 5. The van der Waals surface area contributed by atoms with Gasteiger partial charge in [-0.15, -0.1) is 5.06 Å². The molecule has 0 spiro atoms. The number of aldehydes is 1. The number of carboxylic acid groups (broad SMARTS) is 4. The topological polar surface area (TPSA) is 323 Å². The smallest absolute Gasteiger partial charge is 0.336 e. The molecular weight excluding hydrogens is 939 g/mol. The highest BCUT2D eigenvalue weighted by Crippen LogP contribution is 2.39. The van der Waals surface area contributed by atoms with Gasteiger partial charge in [-0.2, -0.15) is 0 Å². The molecular formula is C38H47IN6O17. The highest BCUT2D eigenvalue weighted by molar-refractivity contribution is 14.1. The zero-order valence-electron chi connectivity index (χ0n) is 33.4. The number of imide groups is 1. The molecule has 5 N–H and O–H groups in total. The van der Waals surface area contributed by atoms with Crippen molar-refractivity contribution in [1.82, 2.24) is 30.0 Å². The van der Waals surface area contributed by atoms with Crippen LogP contribution in [0.15, 0.2) is 24.3 Å². The molecule has 62 heavy (non-hydrogen) atoms. The largest absolute Gasteiger partial charge is 0.480 e. The molecule has 0 unspecified atom stereocenters. The van der Waals surface area contributed by atoms with E-state index in [0.717, 1.165) is 13.4 Å². The molecule has 24 heteroatoms. The Bertz CT molecular complexity index is 1900. The molecule has 2 fully saturated rings. The fourth-order valence-electron chi connectivity index (χ4n) is 6.79. The highest BCUT2D eigenvalue weighted by Gasteiger charge is 2.42. The van der Waals surface area contributed by atoms with Gasteiger partial charge in [-0.1, -0.05) is 6.07 Å². The van der Waals surface area contributed by atoms with Gasteiger partial charge >= 0.3 is 29.8 Å². The number of rotatable bonds is 25. The zero-order valence-corrected chi connectivity index (χ0v) is 35.6. The Balaban J connectivity index is 1.66. The number of hydroxylamine groups is 2. The first-order valence-electron chi connectivity index (χ1n) is 19.2. The maximum absolute atomic E-state index is 13.6. The molecule has 1 heterocycles. The zero-order chi connectivity index (χ0) is 46.1. The van der Waals surface area contributed by atoms with Crippen molar-refractivity contribution in [3.05, 3.63) is 33.4 Å². The van der Waals surface area contributed by atoms with E-state index >= 15 is 0 Å². The average molecular weight is 987 g/mol. The first kappa shape index (κ1) is 50.3. The van der Waals surface area contributed by atoms with E-state index in [2.05, 4.69) is 27.9 Å². The van der Waals surface area contributed by atoms with Gasteiger partial charge in [0.05, 0.1) is 19.0 Å². The van der Waals surface area contributed by atoms with Gasteiger partial charge in [0.1, 0.15) is 39.0 Å². The summed E-state index contributed by atoms with van der Waals surface area (Å²) in [4.78, 5) is 157. The number of halogens is 1. The minimum absolute atomic E-state index is 0.0127. The fraction of sp³-hybridized carbons (Fsp3) is 0.526. The number of aliphatic carboxylic acids is 4. The summed E-state index contributed by atoms with van der Waals surface area (Å²) in [6.07, 6.45) is 0.824. The van der Waals surface area contributed by atoms with E-state index in [9.17, 15) is 78.0 Å². The fourth-order valence-corrected chi connectivity index (χ4v) is 7.34. The van der Waals surface area contributed by atoms with Crippen LogP contribution in [-0.2, 0) is 57.6 Å². The number of carbonyl (C=O) groups excluding carboxylic acids is 8. The van der Waals surface area contributed by atoms with Crippen LogP contribution in [-0.4, -0.2) is 182 Å². The van der Waals surface area contributed by atoms with Crippen LogP contribution < -0.4 is 5.32 Å². The van der Waals surface area contributed by atoms with Gasteiger partial charge in [0, 0.05) is 47.0 Å². The van der Waals surface area contributed by atoms with Crippen molar-refractivity contribution >= 4 is 94.2 Å². The molecule has 338 valence electrons. The molecule has 0 aromatic heterocycles. The number of hydrogen-bond donors (Lipinski definition) is 5. The summed E-state index contributed by atoms with van der Waals surface area (Å²) in [5.74, 6) is -12.8. The molecule has 1 aromatic rings. The van der Waals surface area contributed by atoms with E-state index in [1.165, 1.54) is 0 Å². The van der Waals surface area contributed by atoms with Gasteiger partial charge in [-0.05, 0) is 79.3 Å². The number of carboxylic acids is 4. The maximum Gasteiger partial charge on any atom is 0.336 e. The molecule has 1 saturated heterocycles. The van der Waals surface area contributed by atoms with E-state index < -0.39 is 117 Å².